The number of hydrogen-bond acceptors (Lipinski definition) is 6. The van der Waals surface area contributed by atoms with Crippen molar-refractivity contribution < 1.29 is 9.53 Å². The van der Waals surface area contributed by atoms with Crippen LogP contribution in [0.5, 0.6) is 0 Å². The minimum absolute atomic E-state index is 0.157. The minimum Gasteiger partial charge on any atom is -0.378 e. The minimum atomic E-state index is 0.157. The lowest BCUT2D eigenvalue weighted by atomic mass is 10.3. The second-order valence-electron chi connectivity index (χ2n) is 6.51. The fraction of sp³-hybridized carbons (Fsp3) is 0.556. The van der Waals surface area contributed by atoms with Crippen LogP contribution in [-0.2, 0) is 4.74 Å². The summed E-state index contributed by atoms with van der Waals surface area (Å²) in [5.41, 5.74) is 1.10. The number of anilines is 1. The van der Waals surface area contributed by atoms with Crippen molar-refractivity contribution in [3.8, 4) is 0 Å². The Morgan fingerprint density at radius 3 is 2.73 bits per heavy atom. The Labute approximate surface area is 162 Å². The quantitative estimate of drug-likeness (QED) is 0.736. The number of benzene rings is 1. The van der Waals surface area contributed by atoms with Gasteiger partial charge in [-0.1, -0.05) is 17.4 Å². The van der Waals surface area contributed by atoms with E-state index < -0.39 is 0 Å². The average Bonchev–Trinajstić information content (AvgIpc) is 2.98. The lowest BCUT2D eigenvalue weighted by molar-refractivity contribution is 0.0438. The third-order valence-electron chi connectivity index (χ3n) is 4.91. The third kappa shape index (κ3) is 3.63. The predicted octanol–water partition coefficient (Wildman–Crippen LogP) is 2.98. The Bertz CT molecular complexity index is 776. The molecule has 0 aliphatic carbocycles. The number of amides is 2. The maximum absolute atomic E-state index is 12.7. The van der Waals surface area contributed by atoms with Crippen molar-refractivity contribution in [3.63, 3.8) is 0 Å². The molecule has 2 amide bonds. The third-order valence-corrected chi connectivity index (χ3v) is 6.76. The number of urea groups is 1. The molecule has 0 N–H and O–H groups in total. The molecule has 2 fully saturated rings. The maximum atomic E-state index is 12.7. The average molecular weight is 393 g/mol. The fourth-order valence-corrected chi connectivity index (χ4v) is 5.14. The Balaban J connectivity index is 1.46. The molecule has 8 heteroatoms. The van der Waals surface area contributed by atoms with Gasteiger partial charge in [0.15, 0.2) is 5.13 Å². The van der Waals surface area contributed by atoms with Gasteiger partial charge < -0.3 is 19.4 Å². The number of carbonyl (C=O) groups excluding carboxylic acids is 1. The summed E-state index contributed by atoms with van der Waals surface area (Å²) in [6.07, 6.45) is 3.07. The van der Waals surface area contributed by atoms with Crippen molar-refractivity contribution in [2.75, 3.05) is 63.6 Å². The van der Waals surface area contributed by atoms with Crippen molar-refractivity contribution in [3.05, 3.63) is 18.2 Å². The standard InChI is InChI=1S/C18H24N4O2S2/c1-25-14-4-2-5-15-16(14)19-17(26-15)20-6-3-7-21(9-8-20)18(23)22-10-12-24-13-11-22/h2,4-5H,3,6-13H2,1H3. The molecule has 0 spiro atoms. The van der Waals surface area contributed by atoms with Crippen LogP contribution >= 0.6 is 23.1 Å². The van der Waals surface area contributed by atoms with Gasteiger partial charge in [-0.15, -0.1) is 11.8 Å². The van der Waals surface area contributed by atoms with Gasteiger partial charge in [-0.25, -0.2) is 9.78 Å². The van der Waals surface area contributed by atoms with Gasteiger partial charge >= 0.3 is 6.03 Å². The molecular formula is C18H24N4O2S2. The number of thioether (sulfide) groups is 1. The molecule has 2 saturated heterocycles. The monoisotopic (exact) mass is 392 g/mol. The van der Waals surface area contributed by atoms with Gasteiger partial charge in [0.2, 0.25) is 0 Å². The highest BCUT2D eigenvalue weighted by Gasteiger charge is 2.26. The van der Waals surface area contributed by atoms with Crippen molar-refractivity contribution in [1.82, 2.24) is 14.8 Å². The highest BCUT2D eigenvalue weighted by Crippen LogP contribution is 2.34. The van der Waals surface area contributed by atoms with Crippen LogP contribution in [0, 0.1) is 0 Å². The summed E-state index contributed by atoms with van der Waals surface area (Å²) in [5, 5.41) is 1.07. The molecule has 0 saturated carbocycles. The SMILES string of the molecule is CSc1cccc2sc(N3CCCN(C(=O)N4CCOCC4)CC3)nc12. The predicted molar refractivity (Wildman–Crippen MR) is 108 cm³/mol. The van der Waals surface area contributed by atoms with Crippen molar-refractivity contribution >= 4 is 44.5 Å². The Hall–Kier alpha value is -1.51. The van der Waals surface area contributed by atoms with Crippen molar-refractivity contribution in [2.24, 2.45) is 0 Å². The number of nitrogens with zero attached hydrogens (tertiary/aromatic N) is 4. The van der Waals surface area contributed by atoms with E-state index in [1.54, 1.807) is 23.1 Å². The second-order valence-corrected chi connectivity index (χ2v) is 8.37. The molecule has 2 aliphatic rings. The van der Waals surface area contributed by atoms with Crippen molar-refractivity contribution in [1.29, 1.82) is 0 Å². The maximum Gasteiger partial charge on any atom is 0.320 e. The van der Waals surface area contributed by atoms with E-state index in [1.807, 2.05) is 9.80 Å². The largest absolute Gasteiger partial charge is 0.378 e. The van der Waals surface area contributed by atoms with Crippen LogP contribution in [0.4, 0.5) is 9.93 Å². The molecule has 6 nitrogen and oxygen atoms in total. The van der Waals surface area contributed by atoms with E-state index in [0.29, 0.717) is 26.3 Å². The smallest absolute Gasteiger partial charge is 0.320 e. The van der Waals surface area contributed by atoms with E-state index in [4.69, 9.17) is 9.72 Å². The van der Waals surface area contributed by atoms with Crippen LogP contribution in [-0.4, -0.2) is 79.6 Å². The van der Waals surface area contributed by atoms with Crippen molar-refractivity contribution in [2.45, 2.75) is 11.3 Å². The molecule has 26 heavy (non-hydrogen) atoms. The first-order valence-corrected chi connectivity index (χ1v) is 11.1. The topological polar surface area (TPSA) is 48.9 Å². The number of para-hydroxylation sites is 1. The molecule has 140 valence electrons. The molecule has 2 aromatic rings. The zero-order valence-corrected chi connectivity index (χ0v) is 16.7. The van der Waals surface area contributed by atoms with E-state index >= 15 is 0 Å². The van der Waals surface area contributed by atoms with Gasteiger partial charge in [0.25, 0.3) is 0 Å². The van der Waals surface area contributed by atoms with Crippen LogP contribution < -0.4 is 4.90 Å². The molecule has 0 unspecified atom stereocenters. The van der Waals surface area contributed by atoms with Gasteiger partial charge in [0.05, 0.1) is 23.4 Å². The second kappa shape index (κ2) is 8.02. The number of hydrogen-bond donors (Lipinski definition) is 0. The first-order valence-electron chi connectivity index (χ1n) is 9.06. The number of ether oxygens (including phenoxy) is 1. The summed E-state index contributed by atoms with van der Waals surface area (Å²) >= 11 is 3.49. The zero-order chi connectivity index (χ0) is 17.9. The summed E-state index contributed by atoms with van der Waals surface area (Å²) < 4.78 is 6.59. The Morgan fingerprint density at radius 1 is 1.12 bits per heavy atom. The number of rotatable bonds is 2. The molecule has 0 bridgehead atoms. The van der Waals surface area contributed by atoms with Crippen LogP contribution in [0.3, 0.4) is 0 Å². The lowest BCUT2D eigenvalue weighted by Gasteiger charge is -2.32. The van der Waals surface area contributed by atoms with Gasteiger partial charge in [-0.3, -0.25) is 0 Å². The molecule has 0 radical (unpaired) electrons. The Morgan fingerprint density at radius 2 is 1.92 bits per heavy atom. The summed E-state index contributed by atoms with van der Waals surface area (Å²) in [5.74, 6) is 0. The van der Waals surface area contributed by atoms with E-state index in [9.17, 15) is 4.79 Å². The normalized spacial score (nSPS) is 19.0. The summed E-state index contributed by atoms with van der Waals surface area (Å²) in [7, 11) is 0. The van der Waals surface area contributed by atoms with Gasteiger partial charge in [-0.2, -0.15) is 0 Å². The molecule has 4 rings (SSSR count). The van der Waals surface area contributed by atoms with E-state index in [0.717, 1.165) is 43.2 Å². The molecule has 0 atom stereocenters. The Kier molecular flexibility index (Phi) is 5.52. The van der Waals surface area contributed by atoms with Gasteiger partial charge in [0, 0.05) is 44.2 Å². The number of morpholine rings is 1. The number of aromatic nitrogens is 1. The first kappa shape index (κ1) is 17.9. The first-order chi connectivity index (χ1) is 12.8. The van der Waals surface area contributed by atoms with Crippen LogP contribution in [0.2, 0.25) is 0 Å². The number of carbonyl (C=O) groups is 1. The van der Waals surface area contributed by atoms with E-state index in [1.165, 1.54) is 9.60 Å². The molecule has 3 heterocycles. The highest BCUT2D eigenvalue weighted by molar-refractivity contribution is 7.98. The number of fused-ring (bicyclic) bond motifs is 1. The highest BCUT2D eigenvalue weighted by atomic mass is 32.2. The van der Waals surface area contributed by atoms with Crippen LogP contribution in [0.1, 0.15) is 6.42 Å². The lowest BCUT2D eigenvalue weighted by Crippen LogP contribution is -2.49. The fourth-order valence-electron chi connectivity index (χ4n) is 3.47. The number of thiazole rings is 1. The molecule has 1 aromatic heterocycles. The molecular weight excluding hydrogens is 368 g/mol. The molecule has 2 aliphatic heterocycles. The van der Waals surface area contributed by atoms with Gasteiger partial charge in [-0.05, 0) is 24.8 Å². The van der Waals surface area contributed by atoms with Crippen LogP contribution in [0.25, 0.3) is 10.2 Å². The summed E-state index contributed by atoms with van der Waals surface area (Å²) in [6.45, 7) is 6.05. The van der Waals surface area contributed by atoms with Gasteiger partial charge in [0.1, 0.15) is 0 Å². The van der Waals surface area contributed by atoms with E-state index in [-0.39, 0.29) is 6.03 Å². The molecule has 1 aromatic carbocycles. The van der Waals surface area contributed by atoms with E-state index in [2.05, 4.69) is 29.4 Å². The summed E-state index contributed by atoms with van der Waals surface area (Å²) in [6, 6.07) is 6.52. The summed E-state index contributed by atoms with van der Waals surface area (Å²) in [4.78, 5) is 25.1. The van der Waals surface area contributed by atoms with Crippen LogP contribution in [0.15, 0.2) is 23.1 Å². The zero-order valence-electron chi connectivity index (χ0n) is 15.0.